The monoisotopic (exact) mass is 592 g/mol. The molecular weight excluding hydrogens is 562 g/mol. The quantitative estimate of drug-likeness (QED) is 0.541. The number of carbonyl (C=O) groups excluding carboxylic acids is 3. The van der Waals surface area contributed by atoms with Gasteiger partial charge < -0.3 is 10.8 Å². The predicted octanol–water partition coefficient (Wildman–Crippen LogP) is 4.12. The number of hydrogen-bond acceptors (Lipinski definition) is 7. The summed E-state index contributed by atoms with van der Waals surface area (Å²) >= 11 is 6.83. The first kappa shape index (κ1) is 27.9. The van der Waals surface area contributed by atoms with Gasteiger partial charge in [-0.25, -0.2) is 8.78 Å². The van der Waals surface area contributed by atoms with Crippen LogP contribution in [0.5, 0.6) is 0 Å². The number of primary amides is 1. The summed E-state index contributed by atoms with van der Waals surface area (Å²) in [5.74, 6) is -3.21. The first-order chi connectivity index (χ1) is 18.8. The number of aliphatic hydroxyl groups excluding tert-OH is 1. The fourth-order valence-corrected chi connectivity index (χ4v) is 9.64. The number of ketones is 1. The molecule has 1 heterocycles. The number of nitrogens with zero attached hydrogens (tertiary/aromatic N) is 1. The number of rotatable bonds is 4. The van der Waals surface area contributed by atoms with E-state index in [4.69, 9.17) is 22.2 Å². The predicted molar refractivity (Wildman–Crippen MR) is 147 cm³/mol. The number of hydrogen-bond donors (Lipinski definition) is 2. The number of hydroxylamine groups is 1. The third kappa shape index (κ3) is 3.51. The zero-order chi connectivity index (χ0) is 28.8. The van der Waals surface area contributed by atoms with Crippen LogP contribution < -0.4 is 10.8 Å². The number of thioether (sulfide) groups is 1. The number of anilines is 1. The number of halogens is 3. The lowest BCUT2D eigenvalue weighted by Gasteiger charge is -2.63. The number of carbonyl (C=O) groups is 3. The smallest absolute Gasteiger partial charge is 0.227 e. The maximum atomic E-state index is 17.5. The summed E-state index contributed by atoms with van der Waals surface area (Å²) in [5, 5.41) is 13.4. The zero-order valence-electron chi connectivity index (χ0n) is 22.1. The first-order valence-corrected chi connectivity index (χ1v) is 14.8. The van der Waals surface area contributed by atoms with Gasteiger partial charge >= 0.3 is 0 Å². The molecule has 1 saturated heterocycles. The molecule has 6 rings (SSSR count). The lowest BCUT2D eigenvalue weighted by molar-refractivity contribution is -0.225. The number of nitrogens with two attached hydrogens (primary N) is 1. The van der Waals surface area contributed by atoms with Crippen molar-refractivity contribution in [2.24, 2.45) is 34.3 Å². The molecule has 0 spiro atoms. The molecule has 214 valence electrons. The van der Waals surface area contributed by atoms with E-state index in [1.165, 1.54) is 12.2 Å². The Labute approximate surface area is 240 Å². The Bertz CT molecular complexity index is 1360. The van der Waals surface area contributed by atoms with E-state index in [0.29, 0.717) is 23.7 Å². The lowest BCUT2D eigenvalue weighted by atomic mass is 9.44. The highest BCUT2D eigenvalue weighted by atomic mass is 35.5. The summed E-state index contributed by atoms with van der Waals surface area (Å²) in [6.07, 6.45) is 0.654. The van der Waals surface area contributed by atoms with Crippen molar-refractivity contribution in [1.82, 2.24) is 0 Å². The molecule has 3 N–H and O–H groups in total. The van der Waals surface area contributed by atoms with Crippen molar-refractivity contribution in [1.29, 1.82) is 0 Å². The van der Waals surface area contributed by atoms with Gasteiger partial charge in [0.05, 0.1) is 24.1 Å². The maximum absolute atomic E-state index is 17.5. The first-order valence-electron chi connectivity index (χ1n) is 13.4. The van der Waals surface area contributed by atoms with E-state index in [1.54, 1.807) is 36.3 Å². The van der Waals surface area contributed by atoms with Crippen molar-refractivity contribution in [3.63, 3.8) is 0 Å². The summed E-state index contributed by atoms with van der Waals surface area (Å²) in [6.45, 7) is 3.66. The van der Waals surface area contributed by atoms with Crippen LogP contribution in [0.25, 0.3) is 0 Å². The van der Waals surface area contributed by atoms with Crippen LogP contribution in [-0.2, 0) is 19.2 Å². The van der Waals surface area contributed by atoms with Crippen LogP contribution in [0.1, 0.15) is 33.1 Å². The van der Waals surface area contributed by atoms with Crippen molar-refractivity contribution in [3.05, 3.63) is 53.1 Å². The van der Waals surface area contributed by atoms with Crippen LogP contribution in [0.15, 0.2) is 48.1 Å². The van der Waals surface area contributed by atoms with Crippen molar-refractivity contribution in [3.8, 4) is 0 Å². The van der Waals surface area contributed by atoms with E-state index in [2.05, 4.69) is 0 Å². The maximum Gasteiger partial charge on any atom is 0.227 e. The molecule has 1 aliphatic heterocycles. The number of amides is 1. The summed E-state index contributed by atoms with van der Waals surface area (Å²) in [7, 11) is 0. The van der Waals surface area contributed by atoms with Gasteiger partial charge in [0, 0.05) is 27.7 Å². The normalized spacial score (nSPS) is 43.5. The van der Waals surface area contributed by atoms with Crippen LogP contribution in [0.4, 0.5) is 14.5 Å². The van der Waals surface area contributed by atoms with E-state index in [9.17, 15) is 19.5 Å². The van der Waals surface area contributed by atoms with Gasteiger partial charge in [0.15, 0.2) is 17.1 Å². The molecular formula is C29H31ClF2N2O5S. The van der Waals surface area contributed by atoms with Crippen molar-refractivity contribution >= 4 is 45.9 Å². The Morgan fingerprint density at radius 1 is 1.23 bits per heavy atom. The lowest BCUT2D eigenvalue weighted by Crippen LogP contribution is -2.70. The molecule has 1 aromatic carbocycles. The van der Waals surface area contributed by atoms with Gasteiger partial charge in [0.2, 0.25) is 11.0 Å². The number of benzene rings is 1. The molecule has 4 fully saturated rings. The summed E-state index contributed by atoms with van der Waals surface area (Å²) in [5.41, 5.74) is -0.309. The van der Waals surface area contributed by atoms with Crippen LogP contribution in [0.2, 0.25) is 5.02 Å². The number of aliphatic hydroxyl groups is 1. The highest BCUT2D eigenvalue weighted by Gasteiger charge is 2.79. The summed E-state index contributed by atoms with van der Waals surface area (Å²) < 4.78 is 33.3. The molecule has 3 saturated carbocycles. The number of allylic oxidation sites excluding steroid dienone is 4. The molecule has 4 aliphatic carbocycles. The largest absolute Gasteiger partial charge is 0.390 e. The van der Waals surface area contributed by atoms with Crippen LogP contribution in [-0.4, -0.2) is 57.8 Å². The Balaban J connectivity index is 1.44. The zero-order valence-corrected chi connectivity index (χ0v) is 23.7. The second kappa shape index (κ2) is 9.11. The second-order valence-electron chi connectivity index (χ2n) is 12.2. The van der Waals surface area contributed by atoms with Gasteiger partial charge in [-0.15, -0.1) is 0 Å². The Kier molecular flexibility index (Phi) is 6.35. The molecule has 1 aromatic rings. The average Bonchev–Trinajstić information content (AvgIpc) is 3.39. The van der Waals surface area contributed by atoms with E-state index in [1.807, 2.05) is 6.92 Å². The van der Waals surface area contributed by atoms with Gasteiger partial charge in [-0.3, -0.25) is 24.3 Å². The molecule has 0 bridgehead atoms. The molecule has 11 heteroatoms. The Hall–Kier alpha value is -2.27. The molecule has 9 atom stereocenters. The van der Waals surface area contributed by atoms with E-state index in [-0.39, 0.29) is 24.2 Å². The third-order valence-electron chi connectivity index (χ3n) is 10.4. The standard InChI is InChI=1S/C29H31ClF2N2O5S/c1-26-8-7-18(35)10-21(26)22(31)11-20-19-9-15-13-34(17-5-3-16(30)4-6-17)39-29(15,25(38)40-14-24(33)37)27(19,2)12-23(36)28(20,26)32/h3-8,10,15,19-20,22-23,36H,9,11-14H2,1-2H3,(H2,33,37)/t15-,19?,20-,22-,23-,26-,27-,28-,29-/m0/s1. The summed E-state index contributed by atoms with van der Waals surface area (Å²) in [6, 6.07) is 6.93. The van der Waals surface area contributed by atoms with Crippen molar-refractivity contribution < 1.29 is 33.1 Å². The Morgan fingerprint density at radius 3 is 2.60 bits per heavy atom. The topological polar surface area (TPSA) is 110 Å². The second-order valence-corrected chi connectivity index (χ2v) is 13.6. The highest BCUT2D eigenvalue weighted by Crippen LogP contribution is 2.73. The van der Waals surface area contributed by atoms with Gasteiger partial charge in [0.1, 0.15) is 6.17 Å². The van der Waals surface area contributed by atoms with E-state index >= 15 is 8.78 Å². The van der Waals surface area contributed by atoms with Crippen LogP contribution >= 0.6 is 23.4 Å². The molecule has 7 nitrogen and oxygen atoms in total. The molecule has 0 aromatic heterocycles. The highest BCUT2D eigenvalue weighted by molar-refractivity contribution is 8.14. The van der Waals surface area contributed by atoms with Crippen LogP contribution in [0, 0.1) is 28.6 Å². The Morgan fingerprint density at radius 2 is 1.93 bits per heavy atom. The van der Waals surface area contributed by atoms with E-state index < -0.39 is 68.9 Å². The fourth-order valence-electron chi connectivity index (χ4n) is 8.59. The molecule has 5 aliphatic rings. The van der Waals surface area contributed by atoms with Gasteiger partial charge in [0.25, 0.3) is 0 Å². The van der Waals surface area contributed by atoms with Gasteiger partial charge in [-0.1, -0.05) is 36.4 Å². The van der Waals surface area contributed by atoms with E-state index in [0.717, 1.165) is 17.8 Å². The summed E-state index contributed by atoms with van der Waals surface area (Å²) in [4.78, 5) is 44.3. The molecule has 40 heavy (non-hydrogen) atoms. The average molecular weight is 593 g/mol. The number of fused-ring (bicyclic) bond motifs is 7. The molecule has 1 unspecified atom stereocenters. The van der Waals surface area contributed by atoms with Crippen LogP contribution in [0.3, 0.4) is 0 Å². The fraction of sp³-hybridized carbons (Fsp3) is 0.552. The van der Waals surface area contributed by atoms with Crippen molar-refractivity contribution in [2.45, 2.75) is 56.7 Å². The molecule has 1 amide bonds. The minimum atomic E-state index is -2.26. The van der Waals surface area contributed by atoms with Crippen molar-refractivity contribution in [2.75, 3.05) is 17.4 Å². The molecule has 0 radical (unpaired) electrons. The third-order valence-corrected chi connectivity index (χ3v) is 11.6. The number of alkyl halides is 2. The van der Waals surface area contributed by atoms with Gasteiger partial charge in [-0.05, 0) is 74.1 Å². The van der Waals surface area contributed by atoms with Gasteiger partial charge in [-0.2, -0.15) is 0 Å². The SMILES string of the molecule is C[C@]12C=CC(=O)C=C1[C@@H](F)C[C@H]1C3C[C@H]4CN(c5ccc(Cl)cc5)O[C@@]4(C(=O)SCC(N)=O)[C@@]3(C)C[C@H](O)[C@@]12F. The minimum absolute atomic E-state index is 0.0487. The minimum Gasteiger partial charge on any atom is -0.390 e.